The lowest BCUT2D eigenvalue weighted by molar-refractivity contribution is -0.141. The molecule has 12 heteroatoms. The molecule has 3 aromatic heterocycles. The number of carbonyl (C=O) groups is 1. The Morgan fingerprint density at radius 2 is 2.03 bits per heavy atom. The fourth-order valence-corrected chi connectivity index (χ4v) is 3.22. The summed E-state index contributed by atoms with van der Waals surface area (Å²) >= 11 is 5.91. The van der Waals surface area contributed by atoms with E-state index in [9.17, 15) is 18.0 Å². The summed E-state index contributed by atoms with van der Waals surface area (Å²) < 4.78 is 45.4. The number of aryl methyl sites for hydroxylation is 1. The zero-order valence-electron chi connectivity index (χ0n) is 18.1. The molecule has 0 aliphatic heterocycles. The van der Waals surface area contributed by atoms with Crippen molar-refractivity contribution in [3.05, 3.63) is 58.7 Å². The van der Waals surface area contributed by atoms with Gasteiger partial charge in [-0.25, -0.2) is 24.7 Å². The molecule has 8 nitrogen and oxygen atoms in total. The molecule has 1 atom stereocenters. The number of ether oxygens (including phenoxy) is 1. The van der Waals surface area contributed by atoms with E-state index in [1.54, 1.807) is 30.8 Å². The topological polar surface area (TPSA) is 94.8 Å². The molecule has 33 heavy (non-hydrogen) atoms. The predicted molar refractivity (Wildman–Crippen MR) is 114 cm³/mol. The first-order valence-corrected chi connectivity index (χ1v) is 10.5. The summed E-state index contributed by atoms with van der Waals surface area (Å²) in [5.74, 6) is -0.528. The van der Waals surface area contributed by atoms with Gasteiger partial charge in [0.25, 0.3) is 0 Å². The van der Waals surface area contributed by atoms with E-state index >= 15 is 0 Å². The van der Waals surface area contributed by atoms with Crippen LogP contribution >= 0.6 is 11.6 Å². The van der Waals surface area contributed by atoms with Gasteiger partial charge < -0.3 is 14.6 Å². The first-order chi connectivity index (χ1) is 15.6. The third kappa shape index (κ3) is 6.26. The molecule has 3 aromatic rings. The molecule has 0 saturated carbocycles. The Morgan fingerprint density at radius 3 is 2.73 bits per heavy atom. The summed E-state index contributed by atoms with van der Waals surface area (Å²) in [7, 11) is 0. The molecule has 0 aliphatic rings. The highest BCUT2D eigenvalue weighted by Gasteiger charge is 2.32. The van der Waals surface area contributed by atoms with Gasteiger partial charge in [-0.15, -0.1) is 0 Å². The second-order valence-corrected chi connectivity index (χ2v) is 7.63. The zero-order chi connectivity index (χ0) is 24.2. The second kappa shape index (κ2) is 10.3. The van der Waals surface area contributed by atoms with Crippen LogP contribution < -0.4 is 5.32 Å². The molecule has 0 fully saturated rings. The van der Waals surface area contributed by atoms with E-state index in [2.05, 4.69) is 25.3 Å². The standard InChI is InChI=1S/C21H22ClF3N6O2/c1-4-33-19(32)18-29-15(17-12(2)8-27-20(22)30-17)11-31(18)10-13(3)26-9-14-6-5-7-16(28-14)21(23,24)25/h5-8,11,13,26H,4,9-10H2,1-3H3. The number of hydrogen-bond donors (Lipinski definition) is 1. The van der Waals surface area contributed by atoms with E-state index in [4.69, 9.17) is 16.3 Å². The monoisotopic (exact) mass is 482 g/mol. The van der Waals surface area contributed by atoms with E-state index < -0.39 is 17.8 Å². The fraction of sp³-hybridized carbons (Fsp3) is 0.381. The molecule has 0 amide bonds. The third-order valence-electron chi connectivity index (χ3n) is 4.62. The third-order valence-corrected chi connectivity index (χ3v) is 4.80. The molecule has 0 bridgehead atoms. The molecular weight excluding hydrogens is 461 g/mol. The number of aromatic nitrogens is 5. The number of hydrogen-bond acceptors (Lipinski definition) is 7. The van der Waals surface area contributed by atoms with Crippen molar-refractivity contribution >= 4 is 17.6 Å². The highest BCUT2D eigenvalue weighted by atomic mass is 35.5. The molecular formula is C21H22ClF3N6O2. The van der Waals surface area contributed by atoms with Crippen molar-refractivity contribution in [1.29, 1.82) is 0 Å². The van der Waals surface area contributed by atoms with E-state index in [-0.39, 0.29) is 42.5 Å². The predicted octanol–water partition coefficient (Wildman–Crippen LogP) is 4.07. The second-order valence-electron chi connectivity index (χ2n) is 7.29. The number of carbonyl (C=O) groups excluding carboxylic acids is 1. The Kier molecular flexibility index (Phi) is 7.65. The highest BCUT2D eigenvalue weighted by molar-refractivity contribution is 6.28. The summed E-state index contributed by atoms with van der Waals surface area (Å²) in [4.78, 5) is 28.6. The van der Waals surface area contributed by atoms with Gasteiger partial charge in [-0.05, 0) is 50.1 Å². The highest BCUT2D eigenvalue weighted by Crippen LogP contribution is 2.27. The summed E-state index contributed by atoms with van der Waals surface area (Å²) in [6.45, 7) is 5.89. The lowest BCUT2D eigenvalue weighted by Crippen LogP contribution is -2.31. The van der Waals surface area contributed by atoms with Gasteiger partial charge in [-0.2, -0.15) is 13.2 Å². The maximum atomic E-state index is 12.9. The minimum Gasteiger partial charge on any atom is -0.460 e. The molecule has 0 radical (unpaired) electrons. The van der Waals surface area contributed by atoms with E-state index in [0.29, 0.717) is 11.4 Å². The van der Waals surface area contributed by atoms with Crippen LogP contribution in [0.1, 0.15) is 41.4 Å². The normalized spacial score (nSPS) is 12.6. The van der Waals surface area contributed by atoms with Crippen LogP contribution in [0.5, 0.6) is 0 Å². The first-order valence-electron chi connectivity index (χ1n) is 10.1. The Bertz CT molecular complexity index is 1140. The van der Waals surface area contributed by atoms with Crippen LogP contribution in [-0.4, -0.2) is 43.1 Å². The molecule has 3 rings (SSSR count). The minimum absolute atomic E-state index is 0.0476. The van der Waals surface area contributed by atoms with Crippen LogP contribution in [0.3, 0.4) is 0 Å². The van der Waals surface area contributed by atoms with E-state index in [1.807, 2.05) is 6.92 Å². The van der Waals surface area contributed by atoms with Crippen molar-refractivity contribution in [1.82, 2.24) is 29.8 Å². The van der Waals surface area contributed by atoms with Crippen LogP contribution in [0.4, 0.5) is 13.2 Å². The molecule has 0 spiro atoms. The van der Waals surface area contributed by atoms with Gasteiger partial charge >= 0.3 is 12.1 Å². The molecule has 176 valence electrons. The maximum absolute atomic E-state index is 12.9. The molecule has 1 unspecified atom stereocenters. The number of pyridine rings is 1. The average Bonchev–Trinajstić information content (AvgIpc) is 3.17. The summed E-state index contributed by atoms with van der Waals surface area (Å²) in [6, 6.07) is 3.50. The van der Waals surface area contributed by atoms with Crippen molar-refractivity contribution in [2.24, 2.45) is 0 Å². The van der Waals surface area contributed by atoms with E-state index in [0.717, 1.165) is 11.6 Å². The summed E-state index contributed by atoms with van der Waals surface area (Å²) in [5, 5.41) is 3.16. The molecule has 0 saturated heterocycles. The van der Waals surface area contributed by atoms with Crippen molar-refractivity contribution in [2.75, 3.05) is 6.61 Å². The van der Waals surface area contributed by atoms with E-state index in [1.165, 1.54) is 12.1 Å². The Balaban J connectivity index is 1.79. The SMILES string of the molecule is CCOC(=O)c1nc(-c2nc(Cl)ncc2C)cn1CC(C)NCc1cccc(C(F)(F)F)n1. The van der Waals surface area contributed by atoms with Crippen LogP contribution in [0.25, 0.3) is 11.4 Å². The van der Waals surface area contributed by atoms with Gasteiger partial charge in [-0.3, -0.25) is 0 Å². The van der Waals surface area contributed by atoms with Gasteiger partial charge in [0.05, 0.1) is 18.0 Å². The van der Waals surface area contributed by atoms with Gasteiger partial charge in [-0.1, -0.05) is 6.07 Å². The number of esters is 1. The molecule has 0 aliphatic carbocycles. The number of alkyl halides is 3. The van der Waals surface area contributed by atoms with Gasteiger partial charge in [0.15, 0.2) is 0 Å². The number of nitrogens with one attached hydrogen (secondary N) is 1. The Hall–Kier alpha value is -3.05. The van der Waals surface area contributed by atoms with Gasteiger partial charge in [0.2, 0.25) is 11.1 Å². The summed E-state index contributed by atoms with van der Waals surface area (Å²) in [6.07, 6.45) is -1.30. The lowest BCUT2D eigenvalue weighted by atomic mass is 10.2. The number of halogens is 4. The maximum Gasteiger partial charge on any atom is 0.433 e. The zero-order valence-corrected chi connectivity index (χ0v) is 18.9. The number of nitrogens with zero attached hydrogens (tertiary/aromatic N) is 5. The van der Waals surface area contributed by atoms with Crippen LogP contribution in [-0.2, 0) is 24.0 Å². The molecule has 0 aromatic carbocycles. The minimum atomic E-state index is -4.51. The van der Waals surface area contributed by atoms with Gasteiger partial charge in [0.1, 0.15) is 11.4 Å². The van der Waals surface area contributed by atoms with Crippen LogP contribution in [0.2, 0.25) is 5.28 Å². The number of imidazole rings is 1. The molecule has 3 heterocycles. The Morgan fingerprint density at radius 1 is 1.27 bits per heavy atom. The fourth-order valence-electron chi connectivity index (χ4n) is 3.08. The van der Waals surface area contributed by atoms with Crippen molar-refractivity contribution < 1.29 is 22.7 Å². The lowest BCUT2D eigenvalue weighted by Gasteiger charge is -2.16. The van der Waals surface area contributed by atoms with Crippen molar-refractivity contribution in [2.45, 2.75) is 46.1 Å². The van der Waals surface area contributed by atoms with Crippen LogP contribution in [0, 0.1) is 6.92 Å². The van der Waals surface area contributed by atoms with Crippen molar-refractivity contribution in [3.8, 4) is 11.4 Å². The smallest absolute Gasteiger partial charge is 0.433 e. The quantitative estimate of drug-likeness (QED) is 0.382. The largest absolute Gasteiger partial charge is 0.460 e. The number of rotatable bonds is 8. The average molecular weight is 483 g/mol. The first kappa shape index (κ1) is 24.6. The van der Waals surface area contributed by atoms with Crippen LogP contribution in [0.15, 0.2) is 30.6 Å². The molecule has 1 N–H and O–H groups in total. The van der Waals surface area contributed by atoms with Crippen molar-refractivity contribution in [3.63, 3.8) is 0 Å². The summed E-state index contributed by atoms with van der Waals surface area (Å²) in [5.41, 5.74) is 0.929. The Labute approximate surface area is 193 Å². The van der Waals surface area contributed by atoms with Gasteiger partial charge in [0, 0.05) is 31.5 Å².